The van der Waals surface area contributed by atoms with Crippen molar-refractivity contribution in [3.63, 3.8) is 0 Å². The number of nitrogens with one attached hydrogen (secondary N) is 1. The van der Waals surface area contributed by atoms with Gasteiger partial charge in [0.1, 0.15) is 0 Å². The Balaban J connectivity index is 2.60. The summed E-state index contributed by atoms with van der Waals surface area (Å²) < 4.78 is 5.89. The predicted molar refractivity (Wildman–Crippen MR) is 80.6 cm³/mol. The van der Waals surface area contributed by atoms with Gasteiger partial charge in [-0.1, -0.05) is 15.9 Å². The molecular weight excluding hydrogens is 308 g/mol. The third-order valence-electron chi connectivity index (χ3n) is 2.89. The van der Waals surface area contributed by atoms with Crippen LogP contribution >= 0.6 is 15.9 Å². The fraction of sp³-hybridized carbons (Fsp3) is 0.357. The maximum Gasteiger partial charge on any atom is 0.414 e. The van der Waals surface area contributed by atoms with Gasteiger partial charge >= 0.3 is 6.09 Å². The summed E-state index contributed by atoms with van der Waals surface area (Å²) >= 11 is 3.44. The Kier molecular flexibility index (Phi) is 3.58. The molecule has 0 saturated heterocycles. The molecule has 1 aromatic carbocycles. The number of aromatic nitrogens is 1. The molecule has 0 aliphatic rings. The van der Waals surface area contributed by atoms with Crippen LogP contribution < -0.4 is 4.90 Å². The number of carbonyl (C=O) groups is 1. The summed E-state index contributed by atoms with van der Waals surface area (Å²) in [6.45, 7) is 5.92. The summed E-state index contributed by atoms with van der Waals surface area (Å²) in [6.07, 6.45) is 1.47. The zero-order valence-corrected chi connectivity index (χ0v) is 13.0. The third-order valence-corrected chi connectivity index (χ3v) is 3.38. The van der Waals surface area contributed by atoms with Crippen molar-refractivity contribution in [1.29, 1.82) is 0 Å². The van der Waals surface area contributed by atoms with Crippen LogP contribution in [-0.4, -0.2) is 23.7 Å². The third kappa shape index (κ3) is 2.61. The molecule has 0 aliphatic heterocycles. The second-order valence-corrected chi connectivity index (χ2v) is 6.26. The molecular formula is C14H17BrN2O2. The minimum absolute atomic E-state index is 0.365. The minimum atomic E-state index is -0.366. The largest absolute Gasteiger partial charge is 0.452 e. The number of carbonyl (C=O) groups excluding carboxylic acids is 1. The molecule has 1 N–H and O–H groups in total. The van der Waals surface area contributed by atoms with Gasteiger partial charge in [0.2, 0.25) is 0 Å². The molecule has 0 unspecified atom stereocenters. The zero-order valence-electron chi connectivity index (χ0n) is 11.5. The lowest BCUT2D eigenvalue weighted by molar-refractivity contribution is 0.173. The summed E-state index contributed by atoms with van der Waals surface area (Å²) in [5.74, 6) is 0. The first-order valence-corrected chi connectivity index (χ1v) is 6.78. The number of hydrogen-bond donors (Lipinski definition) is 1. The Morgan fingerprint density at radius 2 is 2.05 bits per heavy atom. The van der Waals surface area contributed by atoms with Crippen LogP contribution in [0.15, 0.2) is 28.9 Å². The highest BCUT2D eigenvalue weighted by atomic mass is 79.9. The fourth-order valence-corrected chi connectivity index (χ4v) is 2.45. The van der Waals surface area contributed by atoms with E-state index in [1.165, 1.54) is 7.11 Å². The van der Waals surface area contributed by atoms with Gasteiger partial charge in [-0.2, -0.15) is 0 Å². The summed E-state index contributed by atoms with van der Waals surface area (Å²) in [5.41, 5.74) is 1.43. The second kappa shape index (κ2) is 4.89. The molecule has 2 rings (SSSR count). The number of ether oxygens (including phenoxy) is 1. The summed E-state index contributed by atoms with van der Waals surface area (Å²) in [6, 6.07) is 5.92. The van der Waals surface area contributed by atoms with E-state index in [-0.39, 0.29) is 11.6 Å². The summed E-state index contributed by atoms with van der Waals surface area (Å²) in [7, 11) is 1.40. The van der Waals surface area contributed by atoms with Gasteiger partial charge < -0.3 is 9.72 Å². The van der Waals surface area contributed by atoms with Crippen LogP contribution in [0.1, 0.15) is 20.8 Å². The quantitative estimate of drug-likeness (QED) is 0.849. The van der Waals surface area contributed by atoms with Crippen molar-refractivity contribution in [3.05, 3.63) is 28.9 Å². The molecule has 0 aliphatic carbocycles. The second-order valence-electron chi connectivity index (χ2n) is 5.34. The molecule has 0 fully saturated rings. The SMILES string of the molecule is COC(=O)N(c1c[nH]c2cc(Br)ccc12)C(C)(C)C. The van der Waals surface area contributed by atoms with E-state index in [4.69, 9.17) is 4.74 Å². The van der Waals surface area contributed by atoms with E-state index in [1.807, 2.05) is 45.2 Å². The molecule has 0 atom stereocenters. The number of aromatic amines is 1. The van der Waals surface area contributed by atoms with E-state index in [0.717, 1.165) is 21.1 Å². The number of halogens is 1. The Morgan fingerprint density at radius 1 is 1.37 bits per heavy atom. The van der Waals surface area contributed by atoms with E-state index in [0.29, 0.717) is 0 Å². The molecule has 0 radical (unpaired) electrons. The molecule has 5 heteroatoms. The van der Waals surface area contributed by atoms with Crippen LogP contribution in [0.4, 0.5) is 10.5 Å². The molecule has 1 aromatic heterocycles. The first-order valence-electron chi connectivity index (χ1n) is 5.99. The number of benzene rings is 1. The summed E-state index contributed by atoms with van der Waals surface area (Å²) in [4.78, 5) is 16.9. The maximum atomic E-state index is 12.0. The van der Waals surface area contributed by atoms with Crippen molar-refractivity contribution < 1.29 is 9.53 Å². The van der Waals surface area contributed by atoms with E-state index in [9.17, 15) is 4.79 Å². The maximum absolute atomic E-state index is 12.0. The highest BCUT2D eigenvalue weighted by Gasteiger charge is 2.30. The average Bonchev–Trinajstić information content (AvgIpc) is 2.70. The van der Waals surface area contributed by atoms with E-state index < -0.39 is 0 Å². The smallest absolute Gasteiger partial charge is 0.414 e. The predicted octanol–water partition coefficient (Wildman–Crippen LogP) is 4.30. The number of methoxy groups -OCH3 is 1. The molecule has 102 valence electrons. The van der Waals surface area contributed by atoms with Gasteiger partial charge in [0.15, 0.2) is 0 Å². The lowest BCUT2D eigenvalue weighted by Crippen LogP contribution is -2.45. The van der Waals surface area contributed by atoms with Crippen molar-refractivity contribution >= 4 is 38.6 Å². The van der Waals surface area contributed by atoms with E-state index >= 15 is 0 Å². The number of rotatable bonds is 1. The highest BCUT2D eigenvalue weighted by molar-refractivity contribution is 9.10. The Bertz CT molecular complexity index is 613. The number of H-pyrrole nitrogens is 1. The lowest BCUT2D eigenvalue weighted by atomic mass is 10.1. The van der Waals surface area contributed by atoms with Crippen LogP contribution in [0, 0.1) is 0 Å². The molecule has 0 bridgehead atoms. The molecule has 1 amide bonds. The van der Waals surface area contributed by atoms with Gasteiger partial charge in [0, 0.05) is 27.1 Å². The topological polar surface area (TPSA) is 45.3 Å². The van der Waals surface area contributed by atoms with Crippen molar-refractivity contribution in [2.24, 2.45) is 0 Å². The monoisotopic (exact) mass is 324 g/mol. The van der Waals surface area contributed by atoms with Gasteiger partial charge in [0.25, 0.3) is 0 Å². The molecule has 19 heavy (non-hydrogen) atoms. The van der Waals surface area contributed by atoms with Crippen molar-refractivity contribution in [1.82, 2.24) is 4.98 Å². The van der Waals surface area contributed by atoms with Gasteiger partial charge in [-0.05, 0) is 39.0 Å². The first kappa shape index (κ1) is 13.9. The first-order chi connectivity index (χ1) is 8.84. The van der Waals surface area contributed by atoms with Gasteiger partial charge in [-0.25, -0.2) is 4.79 Å². The molecule has 0 saturated carbocycles. The van der Waals surface area contributed by atoms with Gasteiger partial charge in [-0.3, -0.25) is 4.90 Å². The van der Waals surface area contributed by atoms with E-state index in [2.05, 4.69) is 20.9 Å². The standard InChI is InChI=1S/C14H17BrN2O2/c1-14(2,3)17(13(18)19-4)12-8-16-11-7-9(15)5-6-10(11)12/h5-8,16H,1-4H3. The lowest BCUT2D eigenvalue weighted by Gasteiger charge is -2.33. The molecule has 1 heterocycles. The Labute approximate surface area is 120 Å². The van der Waals surface area contributed by atoms with Crippen LogP contribution in [0.2, 0.25) is 0 Å². The Hall–Kier alpha value is -1.49. The van der Waals surface area contributed by atoms with Crippen LogP contribution in [0.25, 0.3) is 10.9 Å². The van der Waals surface area contributed by atoms with Gasteiger partial charge in [0.05, 0.1) is 12.8 Å². The zero-order chi connectivity index (χ0) is 14.2. The van der Waals surface area contributed by atoms with E-state index in [1.54, 1.807) is 4.90 Å². The molecule has 2 aromatic rings. The van der Waals surface area contributed by atoms with Crippen LogP contribution in [0.5, 0.6) is 0 Å². The number of hydrogen-bond acceptors (Lipinski definition) is 2. The average molecular weight is 325 g/mol. The highest BCUT2D eigenvalue weighted by Crippen LogP contribution is 2.33. The van der Waals surface area contributed by atoms with Crippen molar-refractivity contribution in [3.8, 4) is 0 Å². The molecule has 4 nitrogen and oxygen atoms in total. The number of amides is 1. The van der Waals surface area contributed by atoms with Crippen molar-refractivity contribution in [2.45, 2.75) is 26.3 Å². The van der Waals surface area contributed by atoms with Crippen LogP contribution in [-0.2, 0) is 4.74 Å². The van der Waals surface area contributed by atoms with Gasteiger partial charge in [-0.15, -0.1) is 0 Å². The molecule has 0 spiro atoms. The van der Waals surface area contributed by atoms with Crippen molar-refractivity contribution in [2.75, 3.05) is 12.0 Å². The minimum Gasteiger partial charge on any atom is -0.452 e. The Morgan fingerprint density at radius 3 is 2.63 bits per heavy atom. The summed E-state index contributed by atoms with van der Waals surface area (Å²) in [5, 5.41) is 0.989. The number of anilines is 1. The number of nitrogens with zero attached hydrogens (tertiary/aromatic N) is 1. The van der Waals surface area contributed by atoms with Crippen LogP contribution in [0.3, 0.4) is 0 Å². The number of fused-ring (bicyclic) bond motifs is 1. The normalized spacial score (nSPS) is 11.6. The fourth-order valence-electron chi connectivity index (χ4n) is 2.09.